The van der Waals surface area contributed by atoms with Crippen LogP contribution in [0.25, 0.3) is 0 Å². The molecule has 0 N–H and O–H groups in total. The van der Waals surface area contributed by atoms with Crippen molar-refractivity contribution in [2.24, 2.45) is 0 Å². The van der Waals surface area contributed by atoms with E-state index in [-0.39, 0.29) is 5.60 Å². The van der Waals surface area contributed by atoms with Gasteiger partial charge >= 0.3 is 0 Å². The van der Waals surface area contributed by atoms with Gasteiger partial charge in [0.2, 0.25) is 0 Å². The Labute approximate surface area is 108 Å². The molecule has 2 heterocycles. The van der Waals surface area contributed by atoms with Crippen molar-refractivity contribution in [3.8, 4) is 0 Å². The van der Waals surface area contributed by atoms with Crippen molar-refractivity contribution in [3.05, 3.63) is 29.0 Å². The Morgan fingerprint density at radius 3 is 3.12 bits per heavy atom. The topological polar surface area (TPSA) is 25.4 Å². The molecule has 0 radical (unpaired) electrons. The molecule has 2 rings (SSSR count). The van der Waals surface area contributed by atoms with E-state index in [1.807, 2.05) is 6.07 Å². The first-order chi connectivity index (χ1) is 8.11. The van der Waals surface area contributed by atoms with E-state index in [0.29, 0.717) is 0 Å². The Kier molecular flexibility index (Phi) is 4.02. The molecule has 0 spiro atoms. The van der Waals surface area contributed by atoms with Crippen LogP contribution in [0.3, 0.4) is 0 Å². The zero-order valence-corrected chi connectivity index (χ0v) is 11.2. The number of methoxy groups -OCH3 is 1. The van der Waals surface area contributed by atoms with Crippen LogP contribution in [0.4, 0.5) is 0 Å². The van der Waals surface area contributed by atoms with Crippen LogP contribution < -0.4 is 0 Å². The van der Waals surface area contributed by atoms with E-state index in [1.165, 1.54) is 6.42 Å². The molecule has 1 aliphatic heterocycles. The van der Waals surface area contributed by atoms with Crippen LogP contribution in [0, 0.1) is 0 Å². The molecule has 94 valence electrons. The van der Waals surface area contributed by atoms with Gasteiger partial charge in [0, 0.05) is 31.4 Å². The molecule has 1 aliphatic rings. The maximum Gasteiger partial charge on any atom is 0.0777 e. The Hall–Kier alpha value is -0.640. The Morgan fingerprint density at radius 2 is 2.41 bits per heavy atom. The standard InChI is InChI=1S/C13H19ClN2O/c1-13(17-2)5-3-7-16(10-13)9-12-8-11(14)4-6-15-12/h4,6,8H,3,5,7,9-10H2,1-2H3. The number of aromatic nitrogens is 1. The van der Waals surface area contributed by atoms with E-state index < -0.39 is 0 Å². The van der Waals surface area contributed by atoms with Gasteiger partial charge in [-0.15, -0.1) is 0 Å². The SMILES string of the molecule is COC1(C)CCCN(Cc2cc(Cl)ccn2)C1. The second-order valence-corrected chi connectivity index (χ2v) is 5.37. The van der Waals surface area contributed by atoms with E-state index in [0.717, 1.165) is 36.8 Å². The lowest BCUT2D eigenvalue weighted by Gasteiger charge is -2.39. The van der Waals surface area contributed by atoms with Gasteiger partial charge in [-0.25, -0.2) is 0 Å². The lowest BCUT2D eigenvalue weighted by atomic mass is 9.94. The highest BCUT2D eigenvalue weighted by Crippen LogP contribution is 2.24. The number of piperidine rings is 1. The molecule has 0 bridgehead atoms. The molecule has 1 fully saturated rings. The highest BCUT2D eigenvalue weighted by molar-refractivity contribution is 6.30. The van der Waals surface area contributed by atoms with Crippen LogP contribution in [0.15, 0.2) is 18.3 Å². The third kappa shape index (κ3) is 3.41. The molecule has 1 aromatic rings. The first-order valence-corrected chi connectivity index (χ1v) is 6.37. The minimum atomic E-state index is -0.0170. The predicted molar refractivity (Wildman–Crippen MR) is 69.2 cm³/mol. The average Bonchev–Trinajstić information content (AvgIpc) is 2.29. The minimum absolute atomic E-state index is 0.0170. The Bertz CT molecular complexity index is 385. The number of likely N-dealkylation sites (tertiary alicyclic amines) is 1. The van der Waals surface area contributed by atoms with Crippen molar-refractivity contribution >= 4 is 11.6 Å². The van der Waals surface area contributed by atoms with Crippen molar-refractivity contribution in [2.75, 3.05) is 20.2 Å². The fraction of sp³-hybridized carbons (Fsp3) is 0.615. The van der Waals surface area contributed by atoms with Crippen LogP contribution in [0.5, 0.6) is 0 Å². The summed E-state index contributed by atoms with van der Waals surface area (Å²) in [6, 6.07) is 3.74. The Morgan fingerprint density at radius 1 is 1.59 bits per heavy atom. The highest BCUT2D eigenvalue weighted by atomic mass is 35.5. The first kappa shape index (κ1) is 12.8. The van der Waals surface area contributed by atoms with Gasteiger partial charge in [-0.2, -0.15) is 0 Å². The molecule has 0 aromatic carbocycles. The van der Waals surface area contributed by atoms with Gasteiger partial charge in [0.1, 0.15) is 0 Å². The third-order valence-electron chi connectivity index (χ3n) is 3.40. The maximum absolute atomic E-state index is 5.96. The maximum atomic E-state index is 5.96. The van der Waals surface area contributed by atoms with Gasteiger partial charge in [-0.05, 0) is 38.4 Å². The van der Waals surface area contributed by atoms with Gasteiger partial charge in [0.25, 0.3) is 0 Å². The van der Waals surface area contributed by atoms with Crippen molar-refractivity contribution < 1.29 is 4.74 Å². The van der Waals surface area contributed by atoms with Crippen LogP contribution in [-0.4, -0.2) is 35.7 Å². The first-order valence-electron chi connectivity index (χ1n) is 5.99. The minimum Gasteiger partial charge on any atom is -0.377 e. The highest BCUT2D eigenvalue weighted by Gasteiger charge is 2.30. The molecular formula is C13H19ClN2O. The summed E-state index contributed by atoms with van der Waals surface area (Å²) >= 11 is 5.96. The summed E-state index contributed by atoms with van der Waals surface area (Å²) in [7, 11) is 1.79. The summed E-state index contributed by atoms with van der Waals surface area (Å²) in [5.74, 6) is 0. The van der Waals surface area contributed by atoms with Crippen molar-refractivity contribution in [3.63, 3.8) is 0 Å². The second kappa shape index (κ2) is 5.34. The second-order valence-electron chi connectivity index (χ2n) is 4.93. The molecule has 1 unspecified atom stereocenters. The number of halogens is 1. The van der Waals surface area contributed by atoms with Crippen LogP contribution >= 0.6 is 11.6 Å². The smallest absolute Gasteiger partial charge is 0.0777 e. The largest absolute Gasteiger partial charge is 0.377 e. The lowest BCUT2D eigenvalue weighted by molar-refractivity contribution is -0.0529. The number of rotatable bonds is 3. The predicted octanol–water partition coefficient (Wildman–Crippen LogP) is 2.74. The molecule has 17 heavy (non-hydrogen) atoms. The van der Waals surface area contributed by atoms with Gasteiger partial charge in [-0.1, -0.05) is 11.6 Å². The van der Waals surface area contributed by atoms with Gasteiger partial charge < -0.3 is 4.74 Å². The van der Waals surface area contributed by atoms with Gasteiger partial charge in [0.05, 0.1) is 11.3 Å². The molecular weight excluding hydrogens is 236 g/mol. The number of hydrogen-bond donors (Lipinski definition) is 0. The number of hydrogen-bond acceptors (Lipinski definition) is 3. The molecule has 1 atom stereocenters. The lowest BCUT2D eigenvalue weighted by Crippen LogP contribution is -2.46. The molecule has 1 aromatic heterocycles. The number of ether oxygens (including phenoxy) is 1. The summed E-state index contributed by atoms with van der Waals surface area (Å²) in [6.45, 7) is 5.08. The molecule has 0 aliphatic carbocycles. The Balaban J connectivity index is 1.99. The molecule has 0 saturated carbocycles. The molecule has 1 saturated heterocycles. The summed E-state index contributed by atoms with van der Waals surface area (Å²) in [5, 5.41) is 0.751. The normalized spacial score (nSPS) is 26.1. The fourth-order valence-corrected chi connectivity index (χ4v) is 2.56. The van der Waals surface area contributed by atoms with E-state index in [4.69, 9.17) is 16.3 Å². The zero-order valence-electron chi connectivity index (χ0n) is 10.4. The van der Waals surface area contributed by atoms with Gasteiger partial charge in [-0.3, -0.25) is 9.88 Å². The van der Waals surface area contributed by atoms with E-state index in [1.54, 1.807) is 19.4 Å². The van der Waals surface area contributed by atoms with Crippen LogP contribution in [-0.2, 0) is 11.3 Å². The van der Waals surface area contributed by atoms with Crippen molar-refractivity contribution in [1.29, 1.82) is 0 Å². The summed E-state index contributed by atoms with van der Waals surface area (Å²) in [4.78, 5) is 6.72. The average molecular weight is 255 g/mol. The number of pyridine rings is 1. The molecule has 3 nitrogen and oxygen atoms in total. The zero-order chi connectivity index (χ0) is 12.3. The van der Waals surface area contributed by atoms with Crippen LogP contribution in [0.2, 0.25) is 5.02 Å². The third-order valence-corrected chi connectivity index (χ3v) is 3.63. The number of nitrogens with zero attached hydrogens (tertiary/aromatic N) is 2. The van der Waals surface area contributed by atoms with Gasteiger partial charge in [0.15, 0.2) is 0 Å². The monoisotopic (exact) mass is 254 g/mol. The fourth-order valence-electron chi connectivity index (χ4n) is 2.37. The molecule has 0 amide bonds. The summed E-state index contributed by atoms with van der Waals surface area (Å²) in [5.41, 5.74) is 1.01. The molecule has 4 heteroatoms. The quantitative estimate of drug-likeness (QED) is 0.829. The van der Waals surface area contributed by atoms with Crippen molar-refractivity contribution in [1.82, 2.24) is 9.88 Å². The van der Waals surface area contributed by atoms with E-state index in [2.05, 4.69) is 16.8 Å². The van der Waals surface area contributed by atoms with E-state index in [9.17, 15) is 0 Å². The van der Waals surface area contributed by atoms with Crippen LogP contribution in [0.1, 0.15) is 25.5 Å². The summed E-state index contributed by atoms with van der Waals surface area (Å²) < 4.78 is 5.58. The summed E-state index contributed by atoms with van der Waals surface area (Å²) in [6.07, 6.45) is 4.06. The van der Waals surface area contributed by atoms with Crippen molar-refractivity contribution in [2.45, 2.75) is 31.9 Å². The van der Waals surface area contributed by atoms with E-state index >= 15 is 0 Å².